The second-order valence-corrected chi connectivity index (χ2v) is 27.8. The number of nitrogens with zero attached hydrogens (tertiary/aromatic N) is 2. The molecule has 105 heavy (non-hydrogen) atoms. The zero-order valence-electron chi connectivity index (χ0n) is 58.0. The third-order valence-electron chi connectivity index (χ3n) is 20.9. The molecule has 16 aromatic carbocycles. The second kappa shape index (κ2) is 29.3. The molecule has 502 valence electrons. The summed E-state index contributed by atoms with van der Waals surface area (Å²) < 4.78 is 1.14. The van der Waals surface area contributed by atoms with Gasteiger partial charge >= 0.3 is 0 Å². The molecule has 4 aliphatic heterocycles. The van der Waals surface area contributed by atoms with Crippen LogP contribution in [0, 0.1) is 0 Å². The molecule has 0 aliphatic carbocycles. The highest BCUT2D eigenvalue weighted by atomic mass is 79.9. The normalized spacial score (nSPS) is 13.3. The fourth-order valence-electron chi connectivity index (χ4n) is 16.3. The Bertz CT molecular complexity index is 5390. The molecule has 0 radical (unpaired) electrons. The third-order valence-corrected chi connectivity index (χ3v) is 21.5. The van der Waals surface area contributed by atoms with Crippen LogP contribution in [0.1, 0.15) is 56.6 Å². The minimum absolute atomic E-state index is 0.126. The first-order valence-electron chi connectivity index (χ1n) is 36.1. The maximum atomic E-state index is 5.87. The lowest BCUT2D eigenvalue weighted by Crippen LogP contribution is -2.37. The number of halogens is 1. The number of benzene rings is 16. The van der Waals surface area contributed by atoms with Crippen molar-refractivity contribution in [3.05, 3.63) is 443 Å². The molecule has 2 atom stereocenters. The highest BCUT2D eigenvalue weighted by Gasteiger charge is 2.46. The molecule has 0 saturated heterocycles. The minimum Gasteiger partial charge on any atom is -0.398 e. The molecule has 0 bridgehead atoms. The van der Waals surface area contributed by atoms with Gasteiger partial charge < -0.3 is 21.3 Å². The Labute approximate surface area is 624 Å². The van der Waals surface area contributed by atoms with E-state index in [0.29, 0.717) is 0 Å². The number of hydrogen-bond acceptors (Lipinski definition) is 4. The highest BCUT2D eigenvalue weighted by Crippen LogP contribution is 2.65. The van der Waals surface area contributed by atoms with Gasteiger partial charge in [-0.25, -0.2) is 0 Å². The second-order valence-electron chi connectivity index (χ2n) is 27.0. The van der Waals surface area contributed by atoms with Crippen molar-refractivity contribution in [2.75, 3.05) is 21.3 Å². The number of nitrogen functional groups attached to an aromatic ring is 2. The minimum atomic E-state index is 0.126. The van der Waals surface area contributed by atoms with E-state index in [2.05, 4.69) is 353 Å². The molecular formula is C100H75BrN4. The summed E-state index contributed by atoms with van der Waals surface area (Å²) in [6.45, 7) is 0. The van der Waals surface area contributed by atoms with Gasteiger partial charge in [0.25, 0.3) is 0 Å². The lowest BCUT2D eigenvalue weighted by atomic mass is 9.72. The lowest BCUT2D eigenvalue weighted by Gasteiger charge is -2.51. The number of nitrogens with two attached hydrogens (primary N) is 2. The Morgan fingerprint density at radius 3 is 0.952 bits per heavy atom. The molecule has 4 N–H and O–H groups in total. The predicted octanol–water partition coefficient (Wildman–Crippen LogP) is 26.3. The van der Waals surface area contributed by atoms with E-state index >= 15 is 0 Å². The first kappa shape index (κ1) is 65.5. The zero-order valence-corrected chi connectivity index (χ0v) is 59.6. The first-order chi connectivity index (χ1) is 51.9. The summed E-state index contributed by atoms with van der Waals surface area (Å²) in [4.78, 5) is 5.21. The van der Waals surface area contributed by atoms with Crippen molar-refractivity contribution in [2.45, 2.75) is 24.9 Å². The van der Waals surface area contributed by atoms with Crippen LogP contribution in [-0.2, 0) is 12.8 Å². The number of para-hydroxylation sites is 2. The summed E-state index contributed by atoms with van der Waals surface area (Å²) in [6.07, 6.45) is 1.76. The van der Waals surface area contributed by atoms with Gasteiger partial charge in [-0.05, 0) is 167 Å². The number of hydrogen-bond donors (Lipinski definition) is 2. The van der Waals surface area contributed by atoms with E-state index in [4.69, 9.17) is 11.5 Å². The molecule has 0 fully saturated rings. The Morgan fingerprint density at radius 2 is 0.505 bits per heavy atom. The Hall–Kier alpha value is -12.8. The van der Waals surface area contributed by atoms with Gasteiger partial charge in [-0.15, -0.1) is 0 Å². The van der Waals surface area contributed by atoms with E-state index in [0.717, 1.165) is 39.8 Å². The molecule has 4 aliphatic rings. The van der Waals surface area contributed by atoms with Gasteiger partial charge in [0.1, 0.15) is 0 Å². The molecule has 4 heterocycles. The van der Waals surface area contributed by atoms with Gasteiger partial charge in [-0.1, -0.05) is 368 Å². The van der Waals surface area contributed by atoms with E-state index in [1.165, 1.54) is 145 Å². The van der Waals surface area contributed by atoms with Crippen LogP contribution >= 0.6 is 15.9 Å². The van der Waals surface area contributed by atoms with E-state index < -0.39 is 0 Å². The fourth-order valence-corrected chi connectivity index (χ4v) is 16.8. The van der Waals surface area contributed by atoms with Crippen LogP contribution in [0.15, 0.2) is 399 Å². The Balaban J connectivity index is 0.000000115. The largest absolute Gasteiger partial charge is 0.398 e. The van der Waals surface area contributed by atoms with E-state index in [1.807, 2.05) is 66.7 Å². The average molecular weight is 1410 g/mol. The van der Waals surface area contributed by atoms with E-state index in [9.17, 15) is 0 Å². The molecule has 5 heteroatoms. The van der Waals surface area contributed by atoms with Crippen molar-refractivity contribution in [3.8, 4) is 89.0 Å². The van der Waals surface area contributed by atoms with Crippen molar-refractivity contribution in [1.29, 1.82) is 0 Å². The SMILES string of the molecule is Brc1ccccc1-c1ccccc1.Nc1cccc(N)c1-c1ccccc1.c1ccc(-c2ccccc2Cc2cccc(Cc3ccccc3-c3ccccc3)c2-c2ccccc2)cc1.c1ccc2c(c1)-c1ccccc1N1c3cccc4c3-c3c(cccc3C3c5ccccc5-c5ccccc5N43)C21. The summed E-state index contributed by atoms with van der Waals surface area (Å²) in [5.74, 6) is 0. The van der Waals surface area contributed by atoms with Crippen LogP contribution in [0.2, 0.25) is 0 Å². The standard InChI is InChI=1S/C38H24N2.C38H30.C12H9Br.C12H12N2/c1-3-15-27-23(11-1)25-13-5-7-19-31(25)39-33-21-10-22-34-36(33)35-29(37(27)39)17-9-18-30(35)38-28-16-4-2-12-24(28)26-14-6-8-20-32(26)40(34)38;1-4-15-29(16-5-1)36-25-12-10-21-32(36)27-34-23-14-24-35(38(34)31-19-8-3-9-20-31)28-33-22-11-13-26-37(33)30-17-6-2-7-18-30;13-12-9-5-4-8-11(12)10-6-2-1-3-7-10;13-10-7-4-8-11(14)12(10)9-5-2-1-3-6-9/h1-22,37-38H;1-26H,27-28H2;1-9H;1-8H,13-14H2. The Morgan fingerprint density at radius 1 is 0.210 bits per heavy atom. The summed E-state index contributed by atoms with van der Waals surface area (Å²) in [5, 5.41) is 0. The maximum absolute atomic E-state index is 5.87. The molecular weight excluding hydrogens is 1340 g/mol. The smallest absolute Gasteiger partial charge is 0.0857 e. The molecule has 20 rings (SSSR count). The topological polar surface area (TPSA) is 58.5 Å². The predicted molar refractivity (Wildman–Crippen MR) is 445 cm³/mol. The molecule has 16 aromatic rings. The van der Waals surface area contributed by atoms with Gasteiger partial charge in [0, 0.05) is 49.5 Å². The summed E-state index contributed by atoms with van der Waals surface area (Å²) >= 11 is 3.53. The van der Waals surface area contributed by atoms with Gasteiger partial charge in [0.05, 0.1) is 23.5 Å². The molecule has 2 unspecified atom stereocenters. The van der Waals surface area contributed by atoms with Crippen molar-refractivity contribution in [1.82, 2.24) is 0 Å². The van der Waals surface area contributed by atoms with Gasteiger partial charge in [0.2, 0.25) is 0 Å². The highest BCUT2D eigenvalue weighted by molar-refractivity contribution is 9.10. The Kier molecular flexibility index (Phi) is 18.3. The number of rotatable bonds is 9. The molecule has 0 spiro atoms. The fraction of sp³-hybridized carbons (Fsp3) is 0.0400. The van der Waals surface area contributed by atoms with Crippen LogP contribution in [0.4, 0.5) is 34.1 Å². The summed E-state index contributed by atoms with van der Waals surface area (Å²) in [5.41, 5.74) is 49.5. The quantitative estimate of drug-likeness (QED) is 0.141. The third kappa shape index (κ3) is 12.6. The maximum Gasteiger partial charge on any atom is 0.0857 e. The molecule has 0 aromatic heterocycles. The van der Waals surface area contributed by atoms with Crippen molar-refractivity contribution in [2.24, 2.45) is 0 Å². The van der Waals surface area contributed by atoms with Gasteiger partial charge in [-0.2, -0.15) is 0 Å². The number of fused-ring (bicyclic) bond motifs is 16. The van der Waals surface area contributed by atoms with Crippen LogP contribution in [0.5, 0.6) is 0 Å². The zero-order chi connectivity index (χ0) is 70.6. The van der Waals surface area contributed by atoms with Crippen LogP contribution in [0.3, 0.4) is 0 Å². The van der Waals surface area contributed by atoms with Crippen molar-refractivity contribution >= 4 is 50.1 Å². The monoisotopic (exact) mass is 1410 g/mol. The van der Waals surface area contributed by atoms with Crippen molar-refractivity contribution in [3.63, 3.8) is 0 Å². The van der Waals surface area contributed by atoms with E-state index in [1.54, 1.807) is 0 Å². The molecule has 4 nitrogen and oxygen atoms in total. The van der Waals surface area contributed by atoms with Gasteiger partial charge in [0.15, 0.2) is 0 Å². The first-order valence-corrected chi connectivity index (χ1v) is 36.9. The average Bonchev–Trinajstić information content (AvgIpc) is 0.679. The van der Waals surface area contributed by atoms with Crippen LogP contribution in [-0.4, -0.2) is 0 Å². The van der Waals surface area contributed by atoms with Crippen LogP contribution in [0.25, 0.3) is 89.0 Å². The number of anilines is 6. The van der Waals surface area contributed by atoms with E-state index in [-0.39, 0.29) is 12.1 Å². The lowest BCUT2D eigenvalue weighted by molar-refractivity contribution is 0.763. The van der Waals surface area contributed by atoms with Gasteiger partial charge in [-0.3, -0.25) is 0 Å². The summed E-state index contributed by atoms with van der Waals surface area (Å²) in [6, 6.07) is 141. The molecule has 0 saturated carbocycles. The van der Waals surface area contributed by atoms with Crippen LogP contribution < -0.4 is 21.3 Å². The molecule has 0 amide bonds. The van der Waals surface area contributed by atoms with Crippen molar-refractivity contribution < 1.29 is 0 Å². The summed E-state index contributed by atoms with van der Waals surface area (Å²) in [7, 11) is 0.